The summed E-state index contributed by atoms with van der Waals surface area (Å²) in [6.07, 6.45) is 1.71. The normalized spacial score (nSPS) is 14.2. The lowest BCUT2D eigenvalue weighted by Crippen LogP contribution is -2.37. The maximum absolute atomic E-state index is 11.6. The number of ether oxygens (including phenoxy) is 4. The predicted molar refractivity (Wildman–Crippen MR) is 175 cm³/mol. The lowest BCUT2D eigenvalue weighted by Gasteiger charge is -2.21. The van der Waals surface area contributed by atoms with E-state index in [1.807, 2.05) is 46.0 Å². The zero-order valence-corrected chi connectivity index (χ0v) is 27.6. The number of anilines is 1. The second-order valence-corrected chi connectivity index (χ2v) is 12.9. The van der Waals surface area contributed by atoms with Crippen molar-refractivity contribution in [3.05, 3.63) is 56.6 Å². The van der Waals surface area contributed by atoms with E-state index in [2.05, 4.69) is 20.6 Å². The fraction of sp³-hybridized carbons (Fsp3) is 0.500. The van der Waals surface area contributed by atoms with Crippen LogP contribution >= 0.6 is 0 Å². The largest absolute Gasteiger partial charge is 0.487 e. The van der Waals surface area contributed by atoms with Crippen molar-refractivity contribution in [1.82, 2.24) is 10.6 Å². The van der Waals surface area contributed by atoms with E-state index < -0.39 is 34.4 Å². The molecule has 0 bridgehead atoms. The number of rotatable bonds is 9. The Morgan fingerprint density at radius 3 is 1.72 bits per heavy atom. The number of amides is 2. The second-order valence-electron chi connectivity index (χ2n) is 12.9. The van der Waals surface area contributed by atoms with Crippen LogP contribution in [-0.4, -0.2) is 66.0 Å². The van der Waals surface area contributed by atoms with Crippen molar-refractivity contribution in [2.45, 2.75) is 91.9 Å². The first-order valence-electron chi connectivity index (χ1n) is 14.9. The number of nitro groups is 1. The number of benzene rings is 2. The molecule has 0 aliphatic carbocycles. The predicted octanol–water partition coefficient (Wildman–Crippen LogP) is 5.31. The van der Waals surface area contributed by atoms with Gasteiger partial charge in [-0.25, -0.2) is 9.59 Å². The molecular formula is C32H44N6O8. The molecule has 2 aromatic carbocycles. The van der Waals surface area contributed by atoms with Crippen molar-refractivity contribution in [1.29, 1.82) is 0 Å². The van der Waals surface area contributed by atoms with Crippen LogP contribution in [0.25, 0.3) is 0 Å². The highest BCUT2D eigenvalue weighted by atomic mass is 16.6. The summed E-state index contributed by atoms with van der Waals surface area (Å²) in [5.74, 6) is 0.783. The summed E-state index contributed by atoms with van der Waals surface area (Å²) < 4.78 is 21.8. The van der Waals surface area contributed by atoms with Gasteiger partial charge in [0.15, 0.2) is 5.75 Å². The lowest BCUT2D eigenvalue weighted by molar-refractivity contribution is -0.386. The standard InChI is InChI=1S/C16H21N3O5.C16H23N3O3/c1-10(7-18-15(20)24-16(2,3)4)23-14-6-12-9-17-8-11(12)5-13(14)19(21)22;1-10(7-19-15(20)22-16(2,3)4)21-14-6-12-9-18-8-11(12)5-13(14)17/h5-6,8,10H,7,9H2,1-4H3,(H,18,20);5-6,8,10H,7,9,17H2,1-4H3,(H,19,20)/t2*10-/m11/s1. The second kappa shape index (κ2) is 14.9. The number of nitrogens with zero attached hydrogens (tertiary/aromatic N) is 3. The van der Waals surface area contributed by atoms with Crippen molar-refractivity contribution in [3.63, 3.8) is 0 Å². The van der Waals surface area contributed by atoms with Crippen LogP contribution in [0.4, 0.5) is 21.0 Å². The van der Waals surface area contributed by atoms with Gasteiger partial charge in [0.2, 0.25) is 0 Å². The Morgan fingerprint density at radius 2 is 1.26 bits per heavy atom. The summed E-state index contributed by atoms with van der Waals surface area (Å²) in [6, 6.07) is 6.84. The third-order valence-electron chi connectivity index (χ3n) is 6.19. The zero-order valence-electron chi connectivity index (χ0n) is 27.6. The molecule has 250 valence electrons. The Morgan fingerprint density at radius 1 is 0.826 bits per heavy atom. The summed E-state index contributed by atoms with van der Waals surface area (Å²) in [5.41, 5.74) is 9.06. The maximum atomic E-state index is 11.6. The molecule has 14 nitrogen and oxygen atoms in total. The summed E-state index contributed by atoms with van der Waals surface area (Å²) >= 11 is 0. The summed E-state index contributed by atoms with van der Waals surface area (Å²) in [5, 5.41) is 16.5. The third kappa shape index (κ3) is 11.2. The molecule has 4 rings (SSSR count). The number of hydrogen-bond acceptors (Lipinski definition) is 11. The molecule has 2 heterocycles. The van der Waals surface area contributed by atoms with Crippen molar-refractivity contribution < 1.29 is 33.5 Å². The molecule has 0 unspecified atom stereocenters. The monoisotopic (exact) mass is 640 g/mol. The van der Waals surface area contributed by atoms with E-state index in [0.717, 1.165) is 22.3 Å². The van der Waals surface area contributed by atoms with E-state index in [4.69, 9.17) is 24.7 Å². The van der Waals surface area contributed by atoms with E-state index in [1.54, 1.807) is 40.0 Å². The Bertz CT molecular complexity index is 1490. The number of aliphatic imine (C=N–C) groups is 2. The minimum atomic E-state index is -0.590. The third-order valence-corrected chi connectivity index (χ3v) is 6.19. The van der Waals surface area contributed by atoms with Crippen LogP contribution in [-0.2, 0) is 22.6 Å². The fourth-order valence-corrected chi connectivity index (χ4v) is 4.22. The molecule has 0 spiro atoms. The molecule has 2 atom stereocenters. The summed E-state index contributed by atoms with van der Waals surface area (Å²) in [7, 11) is 0. The molecule has 2 aromatic rings. The Kier molecular flexibility index (Phi) is 11.6. The van der Waals surface area contributed by atoms with Crippen LogP contribution in [0.3, 0.4) is 0 Å². The van der Waals surface area contributed by atoms with E-state index in [1.165, 1.54) is 6.07 Å². The van der Waals surface area contributed by atoms with Crippen LogP contribution in [0.15, 0.2) is 34.3 Å². The molecule has 0 aromatic heterocycles. The number of carbonyl (C=O) groups is 2. The van der Waals surface area contributed by atoms with Crippen LogP contribution in [0.5, 0.6) is 11.5 Å². The number of alkyl carbamates (subject to hydrolysis) is 2. The van der Waals surface area contributed by atoms with Gasteiger partial charge in [0.25, 0.3) is 0 Å². The molecule has 2 amide bonds. The number of fused-ring (bicyclic) bond motifs is 2. The smallest absolute Gasteiger partial charge is 0.407 e. The topological polar surface area (TPSA) is 189 Å². The van der Waals surface area contributed by atoms with Crippen molar-refractivity contribution in [3.8, 4) is 11.5 Å². The molecule has 2 aliphatic heterocycles. The van der Waals surface area contributed by atoms with Crippen LogP contribution in [0.2, 0.25) is 0 Å². The first-order valence-corrected chi connectivity index (χ1v) is 14.9. The fourth-order valence-electron chi connectivity index (χ4n) is 4.22. The van der Waals surface area contributed by atoms with Gasteiger partial charge >= 0.3 is 17.9 Å². The molecule has 0 saturated carbocycles. The molecule has 0 saturated heterocycles. The average Bonchev–Trinajstić information content (AvgIpc) is 3.57. The Balaban J connectivity index is 0.000000251. The van der Waals surface area contributed by atoms with Gasteiger partial charge < -0.3 is 35.3 Å². The van der Waals surface area contributed by atoms with Gasteiger partial charge in [-0.05, 0) is 90.3 Å². The van der Waals surface area contributed by atoms with Crippen molar-refractivity contribution >= 4 is 36.0 Å². The van der Waals surface area contributed by atoms with Gasteiger partial charge in [-0.3, -0.25) is 20.1 Å². The van der Waals surface area contributed by atoms with Gasteiger partial charge in [-0.2, -0.15) is 0 Å². The number of carbonyl (C=O) groups excluding carboxylic acids is 2. The van der Waals surface area contributed by atoms with Crippen molar-refractivity contribution in [2.24, 2.45) is 9.98 Å². The summed E-state index contributed by atoms with van der Waals surface area (Å²) in [4.78, 5) is 42.2. The number of nitrogens with one attached hydrogen (secondary N) is 2. The molecule has 2 aliphatic rings. The van der Waals surface area contributed by atoms with Gasteiger partial charge in [0.1, 0.15) is 29.2 Å². The first kappa shape index (κ1) is 35.6. The number of nitrogens with two attached hydrogens (primary N) is 1. The average molecular weight is 641 g/mol. The quantitative estimate of drug-likeness (QED) is 0.185. The van der Waals surface area contributed by atoms with Crippen LogP contribution in [0, 0.1) is 10.1 Å². The zero-order chi connectivity index (χ0) is 34.2. The Hall–Kier alpha value is -4.88. The highest BCUT2D eigenvalue weighted by Gasteiger charge is 2.23. The van der Waals surface area contributed by atoms with Gasteiger partial charge in [0.05, 0.1) is 36.8 Å². The van der Waals surface area contributed by atoms with Crippen LogP contribution in [0.1, 0.15) is 77.6 Å². The van der Waals surface area contributed by atoms with Gasteiger partial charge in [-0.1, -0.05) is 0 Å². The number of hydrogen-bond donors (Lipinski definition) is 3. The molecule has 46 heavy (non-hydrogen) atoms. The molecule has 0 fully saturated rings. The molecule has 0 radical (unpaired) electrons. The highest BCUT2D eigenvalue weighted by Crippen LogP contribution is 2.33. The molecular weight excluding hydrogens is 596 g/mol. The maximum Gasteiger partial charge on any atom is 0.407 e. The van der Waals surface area contributed by atoms with E-state index in [-0.39, 0.29) is 24.1 Å². The highest BCUT2D eigenvalue weighted by molar-refractivity contribution is 5.87. The SMILES string of the molecule is C[C@H](CNC(=O)OC(C)(C)C)Oc1cc2c(cc1N)C=NC2.C[C@H](CNC(=O)OC(C)(C)C)Oc1cc2c(cc1[N+](=O)[O-])C=NC2. The van der Waals surface area contributed by atoms with E-state index >= 15 is 0 Å². The van der Waals surface area contributed by atoms with Crippen LogP contribution < -0.4 is 25.8 Å². The number of nitrogen functional groups attached to an aromatic ring is 1. The first-order chi connectivity index (χ1) is 21.4. The Labute approximate surface area is 268 Å². The minimum Gasteiger partial charge on any atom is -0.487 e. The minimum absolute atomic E-state index is 0.119. The molecule has 14 heteroatoms. The molecule has 4 N–H and O–H groups in total. The van der Waals surface area contributed by atoms with Gasteiger partial charge in [-0.15, -0.1) is 0 Å². The lowest BCUT2D eigenvalue weighted by atomic mass is 10.1. The summed E-state index contributed by atoms with van der Waals surface area (Å²) in [6.45, 7) is 16.0. The van der Waals surface area contributed by atoms with E-state index in [0.29, 0.717) is 31.1 Å². The number of nitro benzene ring substituents is 1. The van der Waals surface area contributed by atoms with Crippen molar-refractivity contribution in [2.75, 3.05) is 18.8 Å². The van der Waals surface area contributed by atoms with Gasteiger partial charge in [0, 0.05) is 24.1 Å². The van der Waals surface area contributed by atoms with E-state index in [9.17, 15) is 19.7 Å².